The Labute approximate surface area is 56.5 Å². The Kier molecular flexibility index (Phi) is 1.78. The fraction of sp³-hybridized carbons (Fsp3) is 0.857. The zero-order valence-corrected chi connectivity index (χ0v) is 5.98. The standard InChI is InChI=1S/C7H15NO/c1-7(9)4-3-5-8(2)6-7/h8-9H,2-6H2,1H3. The summed E-state index contributed by atoms with van der Waals surface area (Å²) in [6.45, 7) is 3.79. The van der Waals surface area contributed by atoms with E-state index in [1.165, 1.54) is 4.90 Å². The molecule has 0 aromatic rings. The lowest BCUT2D eigenvalue weighted by Crippen LogP contribution is -3.10. The lowest BCUT2D eigenvalue weighted by Gasteiger charge is -2.35. The van der Waals surface area contributed by atoms with E-state index in [0.29, 0.717) is 0 Å². The lowest BCUT2D eigenvalue weighted by molar-refractivity contribution is -0.867. The molecule has 2 N–H and O–H groups in total. The molecule has 2 atom stereocenters. The first kappa shape index (κ1) is 7.03. The molecule has 0 bridgehead atoms. The van der Waals surface area contributed by atoms with Crippen LogP contribution in [0.5, 0.6) is 0 Å². The molecule has 0 amide bonds. The minimum absolute atomic E-state index is 0.449. The number of quaternary nitrogens is 1. The van der Waals surface area contributed by atoms with E-state index >= 15 is 0 Å². The van der Waals surface area contributed by atoms with Crippen LogP contribution in [0.25, 0.3) is 0 Å². The molecule has 0 aromatic carbocycles. The molecule has 0 radical (unpaired) electrons. The van der Waals surface area contributed by atoms with Gasteiger partial charge in [0.05, 0.1) is 13.1 Å². The van der Waals surface area contributed by atoms with Gasteiger partial charge in [0.2, 0.25) is 0 Å². The second-order valence-corrected chi connectivity index (χ2v) is 3.28. The molecule has 1 heterocycles. The summed E-state index contributed by atoms with van der Waals surface area (Å²) in [5.41, 5.74) is -0.449. The van der Waals surface area contributed by atoms with Crippen molar-refractivity contribution in [1.29, 1.82) is 0 Å². The number of nitrogens with one attached hydrogen (secondary N) is 1. The molecule has 0 saturated carbocycles. The van der Waals surface area contributed by atoms with Crippen molar-refractivity contribution in [2.75, 3.05) is 13.1 Å². The third kappa shape index (κ3) is 1.95. The third-order valence-corrected chi connectivity index (χ3v) is 1.88. The maximum absolute atomic E-state index is 9.48. The van der Waals surface area contributed by atoms with Crippen molar-refractivity contribution < 1.29 is 10.0 Å². The maximum Gasteiger partial charge on any atom is 0.109 e. The Morgan fingerprint density at radius 3 is 2.67 bits per heavy atom. The van der Waals surface area contributed by atoms with Crippen molar-refractivity contribution in [3.05, 3.63) is 7.05 Å². The molecule has 0 aromatic heterocycles. The van der Waals surface area contributed by atoms with Gasteiger partial charge in [-0.2, -0.15) is 7.05 Å². The highest BCUT2D eigenvalue weighted by Crippen LogP contribution is 2.10. The van der Waals surface area contributed by atoms with Crippen LogP contribution in [0.1, 0.15) is 19.8 Å². The Bertz CT molecular complexity index is 101. The number of likely N-dealkylation sites (tertiary alicyclic amines) is 1. The van der Waals surface area contributed by atoms with Crippen molar-refractivity contribution in [3.8, 4) is 0 Å². The molecule has 1 saturated heterocycles. The van der Waals surface area contributed by atoms with Gasteiger partial charge in [0.25, 0.3) is 0 Å². The van der Waals surface area contributed by atoms with Crippen LogP contribution in [0.15, 0.2) is 0 Å². The average molecular weight is 129 g/mol. The van der Waals surface area contributed by atoms with Crippen LogP contribution in [0.4, 0.5) is 0 Å². The largest absolute Gasteiger partial charge is 0.465 e. The molecule has 2 unspecified atom stereocenters. The van der Waals surface area contributed by atoms with Gasteiger partial charge in [0, 0.05) is 0 Å². The molecule has 1 aliphatic heterocycles. The van der Waals surface area contributed by atoms with E-state index in [-0.39, 0.29) is 0 Å². The minimum atomic E-state index is -0.449. The Hall–Kier alpha value is -0.0800. The maximum atomic E-state index is 9.48. The summed E-state index contributed by atoms with van der Waals surface area (Å²) in [5, 5.41) is 9.48. The number of piperidine rings is 1. The van der Waals surface area contributed by atoms with Crippen LogP contribution in [0, 0.1) is 7.05 Å². The van der Waals surface area contributed by atoms with Gasteiger partial charge in [-0.05, 0) is 19.8 Å². The van der Waals surface area contributed by atoms with Crippen LogP contribution < -0.4 is 4.90 Å². The van der Waals surface area contributed by atoms with E-state index in [1.54, 1.807) is 0 Å². The van der Waals surface area contributed by atoms with Crippen molar-refractivity contribution in [2.45, 2.75) is 25.4 Å². The van der Waals surface area contributed by atoms with E-state index in [2.05, 4.69) is 7.05 Å². The molecule has 2 heteroatoms. The lowest BCUT2D eigenvalue weighted by atomic mass is 9.96. The summed E-state index contributed by atoms with van der Waals surface area (Å²) >= 11 is 0. The number of hydrogen-bond donors (Lipinski definition) is 2. The molecule has 0 spiro atoms. The summed E-state index contributed by atoms with van der Waals surface area (Å²) in [5.74, 6) is 0. The van der Waals surface area contributed by atoms with E-state index in [1.807, 2.05) is 6.92 Å². The SMILES string of the molecule is [CH2-][NH+]1CCCC(C)(O)C1. The van der Waals surface area contributed by atoms with Gasteiger partial charge in [-0.1, -0.05) is 0 Å². The van der Waals surface area contributed by atoms with Gasteiger partial charge in [-0.15, -0.1) is 0 Å². The first-order chi connectivity index (χ1) is 4.10. The topological polar surface area (TPSA) is 24.7 Å². The average Bonchev–Trinajstić information content (AvgIpc) is 1.60. The summed E-state index contributed by atoms with van der Waals surface area (Å²) in [6, 6.07) is 0. The predicted octanol–water partition coefficient (Wildman–Crippen LogP) is -0.792. The highest BCUT2D eigenvalue weighted by molar-refractivity contribution is 4.73. The molecule has 9 heavy (non-hydrogen) atoms. The molecule has 0 aliphatic carbocycles. The van der Waals surface area contributed by atoms with Gasteiger partial charge < -0.3 is 10.0 Å². The summed E-state index contributed by atoms with van der Waals surface area (Å²) < 4.78 is 0. The third-order valence-electron chi connectivity index (χ3n) is 1.88. The van der Waals surface area contributed by atoms with E-state index in [9.17, 15) is 5.11 Å². The second-order valence-electron chi connectivity index (χ2n) is 3.28. The van der Waals surface area contributed by atoms with Gasteiger partial charge >= 0.3 is 0 Å². The highest BCUT2D eigenvalue weighted by Gasteiger charge is 2.26. The quantitative estimate of drug-likeness (QED) is 0.412. The Morgan fingerprint density at radius 2 is 2.33 bits per heavy atom. The van der Waals surface area contributed by atoms with Crippen LogP contribution >= 0.6 is 0 Å². The summed E-state index contributed by atoms with van der Waals surface area (Å²) in [4.78, 5) is 1.20. The molecule has 1 aliphatic rings. The van der Waals surface area contributed by atoms with Crippen LogP contribution in [-0.4, -0.2) is 23.8 Å². The van der Waals surface area contributed by atoms with Crippen molar-refractivity contribution in [1.82, 2.24) is 0 Å². The highest BCUT2D eigenvalue weighted by atomic mass is 16.3. The van der Waals surface area contributed by atoms with E-state index in [4.69, 9.17) is 0 Å². The van der Waals surface area contributed by atoms with Crippen molar-refractivity contribution in [3.63, 3.8) is 0 Å². The molecule has 1 rings (SSSR count). The molecular weight excluding hydrogens is 114 g/mol. The van der Waals surface area contributed by atoms with Crippen LogP contribution in [0.2, 0.25) is 0 Å². The zero-order chi connectivity index (χ0) is 6.91. The molecular formula is C7H15NO. The zero-order valence-electron chi connectivity index (χ0n) is 5.98. The molecule has 54 valence electrons. The fourth-order valence-electron chi connectivity index (χ4n) is 1.43. The number of aliphatic hydroxyl groups is 1. The van der Waals surface area contributed by atoms with Gasteiger partial charge in [-0.25, -0.2) is 0 Å². The van der Waals surface area contributed by atoms with Gasteiger partial charge in [-0.3, -0.25) is 0 Å². The molecule has 2 nitrogen and oxygen atoms in total. The van der Waals surface area contributed by atoms with E-state index in [0.717, 1.165) is 25.9 Å². The Morgan fingerprint density at radius 1 is 1.67 bits per heavy atom. The predicted molar refractivity (Wildman–Crippen MR) is 35.9 cm³/mol. The van der Waals surface area contributed by atoms with Crippen molar-refractivity contribution >= 4 is 0 Å². The Balaban J connectivity index is 2.41. The summed E-state index contributed by atoms with van der Waals surface area (Å²) in [6.07, 6.45) is 2.04. The van der Waals surface area contributed by atoms with Gasteiger partial charge in [0.1, 0.15) is 5.60 Å². The summed E-state index contributed by atoms with van der Waals surface area (Å²) in [7, 11) is 3.85. The minimum Gasteiger partial charge on any atom is -0.465 e. The second kappa shape index (κ2) is 2.27. The molecule has 1 fully saturated rings. The van der Waals surface area contributed by atoms with E-state index < -0.39 is 5.60 Å². The van der Waals surface area contributed by atoms with Gasteiger partial charge in [0.15, 0.2) is 0 Å². The first-order valence-electron chi connectivity index (χ1n) is 3.49. The normalized spacial score (nSPS) is 45.0. The number of rotatable bonds is 0. The fourth-order valence-corrected chi connectivity index (χ4v) is 1.43. The van der Waals surface area contributed by atoms with Crippen LogP contribution in [0.3, 0.4) is 0 Å². The smallest absolute Gasteiger partial charge is 0.109 e. The number of hydrogen-bond acceptors (Lipinski definition) is 1. The first-order valence-corrected chi connectivity index (χ1v) is 3.49. The van der Waals surface area contributed by atoms with Crippen molar-refractivity contribution in [2.24, 2.45) is 0 Å². The monoisotopic (exact) mass is 129 g/mol. The van der Waals surface area contributed by atoms with Crippen LogP contribution in [-0.2, 0) is 0 Å².